The third-order valence-corrected chi connectivity index (χ3v) is 4.38. The summed E-state index contributed by atoms with van der Waals surface area (Å²) in [4.78, 5) is 14.6. The molecule has 0 bridgehead atoms. The largest absolute Gasteiger partial charge is 0.489 e. The smallest absolute Gasteiger partial charge is 0.410 e. The molecule has 134 valence electrons. The van der Waals surface area contributed by atoms with Crippen LogP contribution >= 0.6 is 23.2 Å². The van der Waals surface area contributed by atoms with Crippen molar-refractivity contribution in [3.05, 3.63) is 28.2 Å². The van der Waals surface area contributed by atoms with Crippen molar-refractivity contribution in [3.63, 3.8) is 0 Å². The van der Waals surface area contributed by atoms with Gasteiger partial charge in [-0.15, -0.1) is 0 Å². The van der Waals surface area contributed by atoms with Crippen LogP contribution in [0.5, 0.6) is 5.75 Å². The fraction of sp³-hybridized carbons (Fsp3) is 0.562. The summed E-state index contributed by atoms with van der Waals surface area (Å²) in [6.45, 7) is 5.71. The van der Waals surface area contributed by atoms with Crippen LogP contribution in [0.2, 0.25) is 10.0 Å². The van der Waals surface area contributed by atoms with E-state index in [4.69, 9.17) is 32.7 Å². The number of quaternary nitrogens is 1. The molecule has 1 aromatic carbocycles. The van der Waals surface area contributed by atoms with Crippen molar-refractivity contribution in [1.82, 2.24) is 4.90 Å². The predicted molar refractivity (Wildman–Crippen MR) is 92.1 cm³/mol. The highest BCUT2D eigenvalue weighted by atomic mass is 35.5. The summed E-state index contributed by atoms with van der Waals surface area (Å²) >= 11 is 11.9. The van der Waals surface area contributed by atoms with Crippen molar-refractivity contribution in [3.8, 4) is 5.75 Å². The lowest BCUT2D eigenvalue weighted by atomic mass is 10.2. The number of hydrogen-bond acceptors (Lipinski definition) is 4. The summed E-state index contributed by atoms with van der Waals surface area (Å²) in [5.41, 5.74) is 0. The summed E-state index contributed by atoms with van der Waals surface area (Å²) in [5.74, 6) is 0.502. The Morgan fingerprint density at radius 3 is 2.71 bits per heavy atom. The predicted octanol–water partition coefficient (Wildman–Crippen LogP) is 1.09. The lowest BCUT2D eigenvalue weighted by molar-refractivity contribution is -0.907. The Hall–Kier alpha value is -1.21. The Morgan fingerprint density at radius 1 is 1.38 bits per heavy atom. The highest BCUT2D eigenvalue weighted by Gasteiger charge is 2.26. The van der Waals surface area contributed by atoms with E-state index in [1.54, 1.807) is 30.0 Å². The molecule has 1 fully saturated rings. The lowest BCUT2D eigenvalue weighted by Gasteiger charge is -2.32. The van der Waals surface area contributed by atoms with E-state index in [0.29, 0.717) is 42.0 Å². The number of aliphatic hydroxyl groups is 1. The molecule has 0 radical (unpaired) electrons. The van der Waals surface area contributed by atoms with Crippen LogP contribution in [0, 0.1) is 0 Å². The molecule has 6 nitrogen and oxygen atoms in total. The van der Waals surface area contributed by atoms with E-state index >= 15 is 0 Å². The molecule has 0 saturated carbocycles. The first-order chi connectivity index (χ1) is 11.5. The van der Waals surface area contributed by atoms with E-state index in [2.05, 4.69) is 0 Å². The number of hydrogen-bond donors (Lipinski definition) is 2. The number of halogens is 2. The van der Waals surface area contributed by atoms with E-state index in [1.165, 1.54) is 4.90 Å². The van der Waals surface area contributed by atoms with Crippen LogP contribution in [0.25, 0.3) is 0 Å². The maximum atomic E-state index is 11.6. The number of benzene rings is 1. The zero-order valence-corrected chi connectivity index (χ0v) is 15.1. The minimum Gasteiger partial charge on any atom is -0.489 e. The Labute approximate surface area is 151 Å². The Kier molecular flexibility index (Phi) is 7.42. The summed E-state index contributed by atoms with van der Waals surface area (Å²) in [7, 11) is 0. The zero-order valence-electron chi connectivity index (χ0n) is 13.6. The normalized spacial score (nSPS) is 16.8. The number of ether oxygens (including phenoxy) is 2. The SMILES string of the molecule is CCOC(=O)N1CC[NH+](C[C@@H](O)COc2ccc(Cl)cc2Cl)CC1. The Morgan fingerprint density at radius 2 is 2.08 bits per heavy atom. The van der Waals surface area contributed by atoms with Crippen molar-refractivity contribution in [1.29, 1.82) is 0 Å². The van der Waals surface area contributed by atoms with Crippen LogP contribution in [-0.4, -0.2) is 68.1 Å². The van der Waals surface area contributed by atoms with Crippen LogP contribution < -0.4 is 9.64 Å². The summed E-state index contributed by atoms with van der Waals surface area (Å²) in [6, 6.07) is 4.97. The summed E-state index contributed by atoms with van der Waals surface area (Å²) < 4.78 is 10.5. The second-order valence-electron chi connectivity index (χ2n) is 5.68. The first kappa shape index (κ1) is 19.1. The second kappa shape index (κ2) is 9.32. The number of nitrogens with zero attached hydrogens (tertiary/aromatic N) is 1. The Balaban J connectivity index is 1.71. The standard InChI is InChI=1S/C16H22Cl2N2O4/c1-2-23-16(22)20-7-5-19(6-8-20)10-13(21)11-24-15-4-3-12(17)9-14(15)18/h3-4,9,13,21H,2,5-8,10-11H2,1H3/p+1/t13-/m1/s1. The quantitative estimate of drug-likeness (QED) is 0.778. The molecule has 2 rings (SSSR count). The van der Waals surface area contributed by atoms with Crippen LogP contribution in [-0.2, 0) is 4.74 Å². The molecule has 0 aromatic heterocycles. The fourth-order valence-corrected chi connectivity index (χ4v) is 3.06. The van der Waals surface area contributed by atoms with Gasteiger partial charge < -0.3 is 19.5 Å². The van der Waals surface area contributed by atoms with Gasteiger partial charge in [-0.25, -0.2) is 4.79 Å². The third-order valence-electron chi connectivity index (χ3n) is 3.85. The molecular formula is C16H23Cl2N2O4+. The van der Waals surface area contributed by atoms with Gasteiger partial charge in [-0.1, -0.05) is 23.2 Å². The number of rotatable bonds is 6. The number of aliphatic hydroxyl groups excluding tert-OH is 1. The number of piperazine rings is 1. The Bertz CT molecular complexity index is 551. The van der Waals surface area contributed by atoms with E-state index < -0.39 is 6.10 Å². The van der Waals surface area contributed by atoms with Crippen molar-refractivity contribution in [2.75, 3.05) is 45.9 Å². The van der Waals surface area contributed by atoms with Crippen LogP contribution in [0.3, 0.4) is 0 Å². The van der Waals surface area contributed by atoms with E-state index in [1.807, 2.05) is 0 Å². The van der Waals surface area contributed by atoms with Crippen molar-refractivity contribution >= 4 is 29.3 Å². The number of carbonyl (C=O) groups is 1. The van der Waals surface area contributed by atoms with Gasteiger partial charge >= 0.3 is 6.09 Å². The molecule has 1 atom stereocenters. The van der Waals surface area contributed by atoms with E-state index in [0.717, 1.165) is 13.1 Å². The lowest BCUT2D eigenvalue weighted by Crippen LogP contribution is -3.16. The molecule has 1 heterocycles. The fourth-order valence-electron chi connectivity index (χ4n) is 2.59. The third kappa shape index (κ3) is 5.70. The molecule has 8 heteroatoms. The molecule has 1 saturated heterocycles. The molecule has 1 aliphatic rings. The summed E-state index contributed by atoms with van der Waals surface area (Å²) in [5, 5.41) is 11.1. The second-order valence-corrected chi connectivity index (χ2v) is 6.52. The first-order valence-electron chi connectivity index (χ1n) is 8.00. The van der Waals surface area contributed by atoms with Crippen LogP contribution in [0.4, 0.5) is 4.79 Å². The van der Waals surface area contributed by atoms with Crippen LogP contribution in [0.15, 0.2) is 18.2 Å². The van der Waals surface area contributed by atoms with E-state index in [9.17, 15) is 9.90 Å². The topological polar surface area (TPSA) is 63.4 Å². The maximum Gasteiger partial charge on any atom is 0.410 e. The van der Waals surface area contributed by atoms with Crippen molar-refractivity contribution in [2.45, 2.75) is 13.0 Å². The van der Waals surface area contributed by atoms with Gasteiger partial charge in [0.05, 0.1) is 37.8 Å². The van der Waals surface area contributed by atoms with Gasteiger partial charge in [0.1, 0.15) is 25.0 Å². The highest BCUT2D eigenvalue weighted by molar-refractivity contribution is 6.35. The average Bonchev–Trinajstić information content (AvgIpc) is 2.55. The van der Waals surface area contributed by atoms with Gasteiger partial charge in [-0.2, -0.15) is 0 Å². The molecule has 1 aliphatic heterocycles. The van der Waals surface area contributed by atoms with Gasteiger partial charge in [0.15, 0.2) is 0 Å². The molecule has 0 spiro atoms. The molecular weight excluding hydrogens is 355 g/mol. The molecule has 1 amide bonds. The molecule has 0 unspecified atom stereocenters. The molecule has 0 aliphatic carbocycles. The average molecular weight is 378 g/mol. The van der Waals surface area contributed by atoms with Gasteiger partial charge in [0.25, 0.3) is 0 Å². The minimum atomic E-state index is -0.610. The highest BCUT2D eigenvalue weighted by Crippen LogP contribution is 2.27. The monoisotopic (exact) mass is 377 g/mol. The van der Waals surface area contributed by atoms with Crippen molar-refractivity contribution in [2.24, 2.45) is 0 Å². The van der Waals surface area contributed by atoms with Gasteiger partial charge in [-0.05, 0) is 25.1 Å². The minimum absolute atomic E-state index is 0.159. The van der Waals surface area contributed by atoms with Gasteiger partial charge in [0, 0.05) is 5.02 Å². The van der Waals surface area contributed by atoms with Crippen molar-refractivity contribution < 1.29 is 24.3 Å². The molecule has 1 aromatic rings. The first-order valence-corrected chi connectivity index (χ1v) is 8.76. The van der Waals surface area contributed by atoms with Gasteiger partial charge in [-0.3, -0.25) is 4.90 Å². The van der Waals surface area contributed by atoms with Crippen LogP contribution in [0.1, 0.15) is 6.92 Å². The van der Waals surface area contributed by atoms with Gasteiger partial charge in [0.2, 0.25) is 0 Å². The zero-order chi connectivity index (χ0) is 17.5. The molecule has 24 heavy (non-hydrogen) atoms. The number of carbonyl (C=O) groups excluding carboxylic acids is 1. The number of nitrogens with one attached hydrogen (secondary N) is 1. The molecule has 2 N–H and O–H groups in total. The summed E-state index contributed by atoms with van der Waals surface area (Å²) in [6.07, 6.45) is -0.876. The number of amides is 1. The maximum absolute atomic E-state index is 11.6. The van der Waals surface area contributed by atoms with E-state index in [-0.39, 0.29) is 12.7 Å².